The lowest BCUT2D eigenvalue weighted by Gasteiger charge is -2.23. The minimum atomic E-state index is -0.561. The molecule has 0 unspecified atom stereocenters. The lowest BCUT2D eigenvalue weighted by Crippen LogP contribution is -2.38. The van der Waals surface area contributed by atoms with Crippen LogP contribution < -0.4 is 10.1 Å². The molecule has 0 aromatic heterocycles. The maximum Gasteiger partial charge on any atom is 0.264 e. The quantitative estimate of drug-likeness (QED) is 0.854. The Bertz CT molecular complexity index is 893. The Morgan fingerprint density at radius 3 is 2.64 bits per heavy atom. The van der Waals surface area contributed by atoms with E-state index in [-0.39, 0.29) is 23.5 Å². The van der Waals surface area contributed by atoms with Gasteiger partial charge in [0.15, 0.2) is 6.10 Å². The van der Waals surface area contributed by atoms with Gasteiger partial charge in [-0.25, -0.2) is 4.39 Å². The molecule has 1 N–H and O–H groups in total. The smallest absolute Gasteiger partial charge is 0.264 e. The second kappa shape index (κ2) is 7.62. The zero-order valence-electron chi connectivity index (χ0n) is 15.8. The molecule has 1 heterocycles. The van der Waals surface area contributed by atoms with Crippen LogP contribution in [-0.2, 0) is 22.7 Å². The van der Waals surface area contributed by atoms with Gasteiger partial charge < -0.3 is 15.0 Å². The van der Waals surface area contributed by atoms with Crippen molar-refractivity contribution in [1.82, 2.24) is 4.90 Å². The van der Waals surface area contributed by atoms with Crippen molar-refractivity contribution in [2.24, 2.45) is 5.92 Å². The molecule has 28 heavy (non-hydrogen) atoms. The van der Waals surface area contributed by atoms with Crippen LogP contribution in [0.5, 0.6) is 5.75 Å². The number of hydrogen-bond donors (Lipinski definition) is 1. The first-order valence-electron chi connectivity index (χ1n) is 9.67. The standard InChI is InChI=1S/C22H23FN2O3/c1-2-19-22(27)25(12-14-3-7-17(23)8-4-14)13-16-11-18(9-10-20(16)28-19)24-21(26)15-5-6-15/h3-4,7-11,15,19H,2,5-6,12-13H2,1H3,(H,24,26)/t19-/m1/s1. The Morgan fingerprint density at radius 2 is 1.96 bits per heavy atom. The van der Waals surface area contributed by atoms with Crippen molar-refractivity contribution < 1.29 is 18.7 Å². The summed E-state index contributed by atoms with van der Waals surface area (Å²) in [6, 6.07) is 11.7. The van der Waals surface area contributed by atoms with Crippen LogP contribution in [0.15, 0.2) is 42.5 Å². The topological polar surface area (TPSA) is 58.6 Å². The normalized spacial score (nSPS) is 18.9. The molecule has 2 amide bonds. The molecule has 2 aliphatic rings. The first-order chi connectivity index (χ1) is 13.5. The van der Waals surface area contributed by atoms with E-state index in [0.29, 0.717) is 30.9 Å². The molecule has 1 saturated carbocycles. The highest BCUT2D eigenvalue weighted by atomic mass is 19.1. The number of carbonyl (C=O) groups is 2. The number of rotatable bonds is 5. The fraction of sp³-hybridized carbons (Fsp3) is 0.364. The van der Waals surface area contributed by atoms with Gasteiger partial charge in [-0.1, -0.05) is 19.1 Å². The maximum atomic E-state index is 13.2. The molecule has 2 aromatic rings. The van der Waals surface area contributed by atoms with Gasteiger partial charge in [0, 0.05) is 30.3 Å². The number of anilines is 1. The van der Waals surface area contributed by atoms with E-state index in [1.807, 2.05) is 25.1 Å². The Balaban J connectivity index is 1.58. The summed E-state index contributed by atoms with van der Waals surface area (Å²) in [5, 5.41) is 2.94. The van der Waals surface area contributed by atoms with Crippen molar-refractivity contribution in [2.75, 3.05) is 5.32 Å². The number of hydrogen-bond acceptors (Lipinski definition) is 3. The fourth-order valence-corrected chi connectivity index (χ4v) is 3.38. The summed E-state index contributed by atoms with van der Waals surface area (Å²) in [5.74, 6) is 0.427. The number of amides is 2. The van der Waals surface area contributed by atoms with E-state index in [4.69, 9.17) is 4.74 Å². The minimum absolute atomic E-state index is 0.0418. The van der Waals surface area contributed by atoms with Gasteiger partial charge in [-0.05, 0) is 55.2 Å². The summed E-state index contributed by atoms with van der Waals surface area (Å²) in [7, 11) is 0. The second-order valence-electron chi connectivity index (χ2n) is 7.42. The van der Waals surface area contributed by atoms with Gasteiger partial charge in [-0.2, -0.15) is 0 Å². The summed E-state index contributed by atoms with van der Waals surface area (Å²) >= 11 is 0. The van der Waals surface area contributed by atoms with E-state index in [2.05, 4.69) is 5.32 Å². The van der Waals surface area contributed by atoms with E-state index in [1.165, 1.54) is 12.1 Å². The maximum absolute atomic E-state index is 13.2. The third kappa shape index (κ3) is 4.01. The second-order valence-corrected chi connectivity index (χ2v) is 7.42. The highest BCUT2D eigenvalue weighted by Gasteiger charge is 2.31. The summed E-state index contributed by atoms with van der Waals surface area (Å²) < 4.78 is 19.2. The van der Waals surface area contributed by atoms with Crippen LogP contribution in [0.2, 0.25) is 0 Å². The predicted molar refractivity (Wildman–Crippen MR) is 103 cm³/mol. The van der Waals surface area contributed by atoms with Crippen LogP contribution in [0.3, 0.4) is 0 Å². The molecule has 0 spiro atoms. The number of nitrogens with one attached hydrogen (secondary N) is 1. The summed E-state index contributed by atoms with van der Waals surface area (Å²) in [4.78, 5) is 26.7. The molecule has 0 saturated heterocycles. The fourth-order valence-electron chi connectivity index (χ4n) is 3.38. The van der Waals surface area contributed by atoms with Crippen LogP contribution in [-0.4, -0.2) is 22.8 Å². The average molecular weight is 382 g/mol. The van der Waals surface area contributed by atoms with E-state index in [9.17, 15) is 14.0 Å². The molecule has 1 aliphatic heterocycles. The Kier molecular flexibility index (Phi) is 5.03. The minimum Gasteiger partial charge on any atom is -0.480 e. The molecule has 5 nitrogen and oxygen atoms in total. The van der Waals surface area contributed by atoms with Gasteiger partial charge in [0.1, 0.15) is 11.6 Å². The van der Waals surface area contributed by atoms with E-state index >= 15 is 0 Å². The van der Waals surface area contributed by atoms with Crippen LogP contribution in [0, 0.1) is 11.7 Å². The molecule has 0 radical (unpaired) electrons. The third-order valence-corrected chi connectivity index (χ3v) is 5.15. The molecule has 2 aromatic carbocycles. The van der Waals surface area contributed by atoms with Crippen molar-refractivity contribution >= 4 is 17.5 Å². The molecule has 6 heteroatoms. The summed E-state index contributed by atoms with van der Waals surface area (Å²) in [5.41, 5.74) is 2.41. The van der Waals surface area contributed by atoms with Crippen LogP contribution >= 0.6 is 0 Å². The van der Waals surface area contributed by atoms with Crippen LogP contribution in [0.4, 0.5) is 10.1 Å². The number of ether oxygens (including phenoxy) is 1. The van der Waals surface area contributed by atoms with Crippen molar-refractivity contribution in [3.8, 4) is 5.75 Å². The Labute approximate surface area is 163 Å². The third-order valence-electron chi connectivity index (χ3n) is 5.15. The highest BCUT2D eigenvalue weighted by Crippen LogP contribution is 2.33. The van der Waals surface area contributed by atoms with E-state index in [1.54, 1.807) is 17.0 Å². The molecule has 1 atom stereocenters. The first kappa shape index (κ1) is 18.5. The average Bonchev–Trinajstić information content (AvgIpc) is 3.53. The number of carbonyl (C=O) groups excluding carboxylic acids is 2. The van der Waals surface area contributed by atoms with E-state index < -0.39 is 6.10 Å². The SMILES string of the molecule is CC[C@H]1Oc2ccc(NC(=O)C3CC3)cc2CN(Cc2ccc(F)cc2)C1=O. The first-order valence-corrected chi connectivity index (χ1v) is 9.67. The van der Waals surface area contributed by atoms with Crippen molar-refractivity contribution in [1.29, 1.82) is 0 Å². The molecule has 1 fully saturated rings. The molecule has 0 bridgehead atoms. The van der Waals surface area contributed by atoms with Crippen LogP contribution in [0.1, 0.15) is 37.3 Å². The van der Waals surface area contributed by atoms with Gasteiger partial charge in [-0.3, -0.25) is 9.59 Å². The Morgan fingerprint density at radius 1 is 1.21 bits per heavy atom. The predicted octanol–water partition coefficient (Wildman–Crippen LogP) is 3.87. The van der Waals surface area contributed by atoms with E-state index in [0.717, 1.165) is 24.0 Å². The number of nitrogens with zero attached hydrogens (tertiary/aromatic N) is 1. The Hall–Kier alpha value is -2.89. The molecular formula is C22H23FN2O3. The van der Waals surface area contributed by atoms with Gasteiger partial charge in [0.2, 0.25) is 5.91 Å². The van der Waals surface area contributed by atoms with Gasteiger partial charge >= 0.3 is 0 Å². The molecule has 146 valence electrons. The zero-order chi connectivity index (χ0) is 19.7. The van der Waals surface area contributed by atoms with Crippen molar-refractivity contribution in [3.63, 3.8) is 0 Å². The molecular weight excluding hydrogens is 359 g/mol. The van der Waals surface area contributed by atoms with Crippen molar-refractivity contribution in [3.05, 3.63) is 59.4 Å². The number of fused-ring (bicyclic) bond motifs is 1. The highest BCUT2D eigenvalue weighted by molar-refractivity contribution is 5.94. The zero-order valence-corrected chi connectivity index (χ0v) is 15.8. The number of halogens is 1. The van der Waals surface area contributed by atoms with Gasteiger partial charge in [0.05, 0.1) is 0 Å². The lowest BCUT2D eigenvalue weighted by atomic mass is 10.1. The summed E-state index contributed by atoms with van der Waals surface area (Å²) in [6.07, 6.45) is 1.88. The molecule has 1 aliphatic carbocycles. The van der Waals surface area contributed by atoms with Gasteiger partial charge in [-0.15, -0.1) is 0 Å². The van der Waals surface area contributed by atoms with Gasteiger partial charge in [0.25, 0.3) is 5.91 Å². The lowest BCUT2D eigenvalue weighted by molar-refractivity contribution is -0.139. The number of benzene rings is 2. The molecule has 4 rings (SSSR count). The van der Waals surface area contributed by atoms with Crippen LogP contribution in [0.25, 0.3) is 0 Å². The monoisotopic (exact) mass is 382 g/mol. The largest absolute Gasteiger partial charge is 0.480 e. The summed E-state index contributed by atoms with van der Waals surface area (Å²) in [6.45, 7) is 2.65. The van der Waals surface area contributed by atoms with Crippen molar-refractivity contribution in [2.45, 2.75) is 45.4 Å².